The van der Waals surface area contributed by atoms with E-state index in [1.54, 1.807) is 10.6 Å². The number of nitrogens with zero attached hydrogens (tertiary/aromatic N) is 2. The van der Waals surface area contributed by atoms with Crippen LogP contribution in [0.4, 0.5) is 0 Å². The van der Waals surface area contributed by atoms with E-state index in [2.05, 4.69) is 10.9 Å². The second kappa shape index (κ2) is 2.61. The molecular weight excluding hydrogens is 188 g/mol. The summed E-state index contributed by atoms with van der Waals surface area (Å²) in [6.45, 7) is 0. The van der Waals surface area contributed by atoms with E-state index in [9.17, 15) is 4.79 Å². The van der Waals surface area contributed by atoms with E-state index in [1.807, 2.05) is 0 Å². The van der Waals surface area contributed by atoms with Crippen molar-refractivity contribution in [2.24, 2.45) is 0 Å². The number of imidazole rings is 1. The molecule has 0 aliphatic rings. The zero-order chi connectivity index (χ0) is 9.42. The molecule has 2 aromatic heterocycles. The highest BCUT2D eigenvalue weighted by molar-refractivity contribution is 7.18. The van der Waals surface area contributed by atoms with E-state index in [0.29, 0.717) is 10.7 Å². The summed E-state index contributed by atoms with van der Waals surface area (Å²) in [5, 5.41) is 8.66. The fourth-order valence-electron chi connectivity index (χ4n) is 0.964. The van der Waals surface area contributed by atoms with Gasteiger partial charge in [0.05, 0.1) is 0 Å². The van der Waals surface area contributed by atoms with Crippen LogP contribution in [0.2, 0.25) is 0 Å². The summed E-state index contributed by atoms with van der Waals surface area (Å²) in [6, 6.07) is 0. The van der Waals surface area contributed by atoms with Crippen molar-refractivity contribution in [1.29, 1.82) is 0 Å². The van der Waals surface area contributed by atoms with E-state index in [4.69, 9.17) is 11.5 Å². The molecule has 0 atom stereocenters. The number of rotatable bonds is 1. The Bertz CT molecular complexity index is 486. The smallest absolute Gasteiger partial charge is 0.347 e. The fraction of sp³-hybridized carbons (Fsp3) is 0. The van der Waals surface area contributed by atoms with E-state index in [-0.39, 0.29) is 4.88 Å². The number of hydrogen-bond donors (Lipinski definition) is 1. The van der Waals surface area contributed by atoms with Crippen molar-refractivity contribution in [2.75, 3.05) is 0 Å². The Balaban J connectivity index is 2.62. The van der Waals surface area contributed by atoms with Crippen LogP contribution in [0.15, 0.2) is 12.4 Å². The summed E-state index contributed by atoms with van der Waals surface area (Å²) >= 11 is 1.10. The van der Waals surface area contributed by atoms with Crippen molar-refractivity contribution in [3.8, 4) is 12.3 Å². The second-order valence-electron chi connectivity index (χ2n) is 2.36. The van der Waals surface area contributed by atoms with Gasteiger partial charge in [0.15, 0.2) is 4.96 Å². The molecule has 0 aliphatic heterocycles. The van der Waals surface area contributed by atoms with Gasteiger partial charge in [0.1, 0.15) is 10.6 Å². The van der Waals surface area contributed by atoms with Crippen LogP contribution in [0.5, 0.6) is 0 Å². The average molecular weight is 192 g/mol. The number of carboxylic acids is 1. The minimum Gasteiger partial charge on any atom is -0.477 e. The number of fused-ring (bicyclic) bond motifs is 1. The lowest BCUT2D eigenvalue weighted by Crippen LogP contribution is -1.90. The van der Waals surface area contributed by atoms with Gasteiger partial charge in [-0.15, -0.1) is 6.42 Å². The van der Waals surface area contributed by atoms with Crippen molar-refractivity contribution in [3.63, 3.8) is 0 Å². The van der Waals surface area contributed by atoms with E-state index >= 15 is 0 Å². The Labute approximate surface area is 77.5 Å². The predicted octanol–water partition coefficient (Wildman–Crippen LogP) is 1.08. The molecule has 0 saturated carbocycles. The van der Waals surface area contributed by atoms with Gasteiger partial charge < -0.3 is 5.11 Å². The molecule has 2 heterocycles. The van der Waals surface area contributed by atoms with Gasteiger partial charge in [0.25, 0.3) is 0 Å². The third kappa shape index (κ3) is 1.17. The third-order valence-corrected chi connectivity index (χ3v) is 2.50. The molecule has 13 heavy (non-hydrogen) atoms. The van der Waals surface area contributed by atoms with Gasteiger partial charge in [-0.1, -0.05) is 11.3 Å². The van der Waals surface area contributed by atoms with Crippen LogP contribution in [0.25, 0.3) is 4.96 Å². The Morgan fingerprint density at radius 1 is 1.69 bits per heavy atom. The average Bonchev–Trinajstić information content (AvgIpc) is 2.58. The van der Waals surface area contributed by atoms with E-state index in [1.165, 1.54) is 6.20 Å². The van der Waals surface area contributed by atoms with Crippen LogP contribution in [0.1, 0.15) is 15.4 Å². The Morgan fingerprint density at radius 3 is 3.00 bits per heavy atom. The Hall–Kier alpha value is -1.80. The van der Waals surface area contributed by atoms with Crippen molar-refractivity contribution in [1.82, 2.24) is 9.38 Å². The molecule has 0 bridgehead atoms. The number of carboxylic acid groups (broad SMARTS) is 1. The van der Waals surface area contributed by atoms with Gasteiger partial charge in [-0.05, 0) is 5.92 Å². The number of thiazole rings is 1. The SMILES string of the molecule is C#Cc1cn2cc(C(=O)O)sc2n1. The maximum absolute atomic E-state index is 10.6. The maximum atomic E-state index is 10.6. The van der Waals surface area contributed by atoms with Crippen LogP contribution in [0.3, 0.4) is 0 Å². The quantitative estimate of drug-likeness (QED) is 0.688. The molecule has 5 heteroatoms. The molecule has 4 nitrogen and oxygen atoms in total. The van der Waals surface area contributed by atoms with Gasteiger partial charge in [0.2, 0.25) is 0 Å². The van der Waals surface area contributed by atoms with Gasteiger partial charge in [-0.3, -0.25) is 4.40 Å². The minimum atomic E-state index is -0.947. The zero-order valence-corrected chi connectivity index (χ0v) is 7.21. The summed E-state index contributed by atoms with van der Waals surface area (Å²) in [5.41, 5.74) is 0.517. The first-order valence-corrected chi connectivity index (χ1v) is 4.21. The van der Waals surface area contributed by atoms with Crippen LogP contribution < -0.4 is 0 Å². The van der Waals surface area contributed by atoms with Gasteiger partial charge in [0, 0.05) is 12.4 Å². The lowest BCUT2D eigenvalue weighted by Gasteiger charge is -1.80. The zero-order valence-electron chi connectivity index (χ0n) is 6.39. The lowest BCUT2D eigenvalue weighted by molar-refractivity contribution is 0.0702. The predicted molar refractivity (Wildman–Crippen MR) is 48.0 cm³/mol. The summed E-state index contributed by atoms with van der Waals surface area (Å²) in [6.07, 6.45) is 8.25. The summed E-state index contributed by atoms with van der Waals surface area (Å²) < 4.78 is 1.61. The molecule has 0 amide bonds. The molecule has 1 N–H and O–H groups in total. The van der Waals surface area contributed by atoms with Crippen molar-refractivity contribution in [3.05, 3.63) is 23.0 Å². The number of hydrogen-bond acceptors (Lipinski definition) is 3. The molecule has 0 fully saturated rings. The highest BCUT2D eigenvalue weighted by Gasteiger charge is 2.09. The number of aromatic carboxylic acids is 1. The lowest BCUT2D eigenvalue weighted by atomic mass is 10.5. The van der Waals surface area contributed by atoms with Crippen LogP contribution >= 0.6 is 11.3 Å². The van der Waals surface area contributed by atoms with Crippen LogP contribution in [-0.2, 0) is 0 Å². The molecule has 0 saturated heterocycles. The van der Waals surface area contributed by atoms with Crippen molar-refractivity contribution >= 4 is 22.3 Å². The molecule has 0 radical (unpaired) electrons. The second-order valence-corrected chi connectivity index (χ2v) is 3.37. The number of terminal acetylenes is 1. The third-order valence-electron chi connectivity index (χ3n) is 1.51. The Kier molecular flexibility index (Phi) is 1.57. The summed E-state index contributed by atoms with van der Waals surface area (Å²) in [5.74, 6) is 1.43. The first-order valence-electron chi connectivity index (χ1n) is 3.39. The molecule has 64 valence electrons. The molecule has 0 aliphatic carbocycles. The normalized spacial score (nSPS) is 10.1. The topological polar surface area (TPSA) is 54.6 Å². The summed E-state index contributed by atoms with van der Waals surface area (Å²) in [7, 11) is 0. The molecule has 0 aromatic carbocycles. The van der Waals surface area contributed by atoms with Gasteiger partial charge in [-0.25, -0.2) is 9.78 Å². The number of aromatic nitrogens is 2. The molecule has 0 unspecified atom stereocenters. The standard InChI is InChI=1S/C8H4N2O2S/c1-2-5-3-10-4-6(7(11)12)13-8(10)9-5/h1,3-4H,(H,11,12). The van der Waals surface area contributed by atoms with Crippen LogP contribution in [-0.4, -0.2) is 20.5 Å². The van der Waals surface area contributed by atoms with Crippen molar-refractivity contribution in [2.45, 2.75) is 0 Å². The molecule has 2 aromatic rings. The van der Waals surface area contributed by atoms with Gasteiger partial charge in [-0.2, -0.15) is 0 Å². The summed E-state index contributed by atoms with van der Waals surface area (Å²) in [4.78, 5) is 15.4. The van der Waals surface area contributed by atoms with Gasteiger partial charge >= 0.3 is 5.97 Å². The fourth-order valence-corrected chi connectivity index (χ4v) is 1.77. The van der Waals surface area contributed by atoms with Crippen LogP contribution in [0, 0.1) is 12.3 Å². The van der Waals surface area contributed by atoms with E-state index in [0.717, 1.165) is 11.3 Å². The maximum Gasteiger partial charge on any atom is 0.347 e. The van der Waals surface area contributed by atoms with E-state index < -0.39 is 5.97 Å². The highest BCUT2D eigenvalue weighted by Crippen LogP contribution is 2.17. The monoisotopic (exact) mass is 192 g/mol. The van der Waals surface area contributed by atoms with Crippen molar-refractivity contribution < 1.29 is 9.90 Å². The molecule has 2 rings (SSSR count). The minimum absolute atomic E-state index is 0.256. The largest absolute Gasteiger partial charge is 0.477 e. The molecular formula is C8H4N2O2S. The Morgan fingerprint density at radius 2 is 2.46 bits per heavy atom. The number of carbonyl (C=O) groups is 1. The highest BCUT2D eigenvalue weighted by atomic mass is 32.1. The first kappa shape index (κ1) is 7.83. The molecule has 0 spiro atoms. The first-order chi connectivity index (χ1) is 6.20.